The Balaban J connectivity index is 1.76. The number of rotatable bonds is 3. The van der Waals surface area contributed by atoms with E-state index in [0.29, 0.717) is 5.69 Å². The first-order chi connectivity index (χ1) is 9.22. The van der Waals surface area contributed by atoms with Crippen molar-refractivity contribution in [2.45, 2.75) is 10.8 Å². The molecule has 3 nitrogen and oxygen atoms in total. The Hall–Kier alpha value is -2.07. The van der Waals surface area contributed by atoms with E-state index in [9.17, 15) is 5.11 Å². The first-order valence-corrected chi connectivity index (χ1v) is 6.99. The van der Waals surface area contributed by atoms with Crippen LogP contribution in [-0.4, -0.2) is 10.1 Å². The van der Waals surface area contributed by atoms with Gasteiger partial charge in [0.2, 0.25) is 0 Å². The zero-order valence-corrected chi connectivity index (χ0v) is 11.1. The monoisotopic (exact) mass is 270 g/mol. The number of H-pyrrole nitrogens is 1. The Labute approximate surface area is 115 Å². The molecule has 3 aromatic rings. The number of para-hydroxylation sites is 1. The van der Waals surface area contributed by atoms with E-state index in [-0.39, 0.29) is 5.75 Å². The number of nitrogens with one attached hydrogen (secondary N) is 1. The zero-order valence-electron chi connectivity index (χ0n) is 10.3. The van der Waals surface area contributed by atoms with Crippen molar-refractivity contribution in [1.29, 1.82) is 0 Å². The highest BCUT2D eigenvalue weighted by Crippen LogP contribution is 2.28. The van der Waals surface area contributed by atoms with Gasteiger partial charge >= 0.3 is 0 Å². The van der Waals surface area contributed by atoms with E-state index < -0.39 is 0 Å². The molecule has 0 aliphatic carbocycles. The molecule has 1 aromatic heterocycles. The summed E-state index contributed by atoms with van der Waals surface area (Å²) in [5.74, 6) is 0.955. The maximum Gasteiger partial charge on any atom is 0.138 e. The largest absolute Gasteiger partial charge is 0.506 e. The highest BCUT2D eigenvalue weighted by Gasteiger charge is 2.03. The summed E-state index contributed by atoms with van der Waals surface area (Å²) in [7, 11) is 0. The fraction of sp³-hybridized carbons (Fsp3) is 0.0667. The van der Waals surface area contributed by atoms with E-state index in [0.717, 1.165) is 21.9 Å². The quantitative estimate of drug-likeness (QED) is 0.386. The van der Waals surface area contributed by atoms with Crippen molar-refractivity contribution in [2.75, 3.05) is 5.73 Å². The number of phenolic OH excluding ortho intramolecular Hbond substituents is 1. The number of nitrogens with two attached hydrogens (primary N) is 1. The zero-order chi connectivity index (χ0) is 13.2. The molecule has 0 bridgehead atoms. The van der Waals surface area contributed by atoms with Crippen molar-refractivity contribution in [3.05, 3.63) is 54.1 Å². The molecule has 1 heterocycles. The average Bonchev–Trinajstić information content (AvgIpc) is 2.83. The van der Waals surface area contributed by atoms with Crippen molar-refractivity contribution in [3.63, 3.8) is 0 Å². The van der Waals surface area contributed by atoms with Gasteiger partial charge in [0.1, 0.15) is 5.75 Å². The van der Waals surface area contributed by atoms with Crippen LogP contribution in [0.25, 0.3) is 10.9 Å². The molecule has 4 heteroatoms. The number of nitrogen functional groups attached to an aromatic ring is 1. The topological polar surface area (TPSA) is 62.0 Å². The molecule has 2 aromatic carbocycles. The van der Waals surface area contributed by atoms with Gasteiger partial charge in [0, 0.05) is 16.7 Å². The van der Waals surface area contributed by atoms with Gasteiger partial charge in [0.05, 0.1) is 10.7 Å². The van der Waals surface area contributed by atoms with Gasteiger partial charge in [-0.3, -0.25) is 0 Å². The Morgan fingerprint density at radius 1 is 1.11 bits per heavy atom. The molecule has 0 spiro atoms. The second-order valence-electron chi connectivity index (χ2n) is 4.40. The van der Waals surface area contributed by atoms with Gasteiger partial charge < -0.3 is 15.8 Å². The molecule has 0 aliphatic heterocycles. The van der Waals surface area contributed by atoms with Crippen LogP contribution in [0.3, 0.4) is 0 Å². The molecule has 0 radical (unpaired) electrons. The maximum atomic E-state index is 9.39. The number of fused-ring (bicyclic) bond motifs is 1. The van der Waals surface area contributed by atoms with Gasteiger partial charge in [-0.25, -0.2) is 0 Å². The SMILES string of the molecule is Nc1cc(CSc2cc3ccccc3[nH]2)ccc1O. The average molecular weight is 270 g/mol. The Morgan fingerprint density at radius 2 is 1.95 bits per heavy atom. The van der Waals surface area contributed by atoms with E-state index in [1.807, 2.05) is 24.3 Å². The molecule has 0 amide bonds. The number of thioether (sulfide) groups is 1. The molecule has 0 saturated carbocycles. The molecule has 96 valence electrons. The molecule has 0 atom stereocenters. The van der Waals surface area contributed by atoms with Crippen LogP contribution in [0.1, 0.15) is 5.56 Å². The second-order valence-corrected chi connectivity index (χ2v) is 5.42. The van der Waals surface area contributed by atoms with Crippen molar-refractivity contribution >= 4 is 28.4 Å². The third-order valence-electron chi connectivity index (χ3n) is 2.99. The van der Waals surface area contributed by atoms with Crippen molar-refractivity contribution in [2.24, 2.45) is 0 Å². The van der Waals surface area contributed by atoms with Crippen LogP contribution in [-0.2, 0) is 5.75 Å². The van der Waals surface area contributed by atoms with E-state index in [1.54, 1.807) is 17.8 Å². The molecular formula is C15H14N2OS. The number of benzene rings is 2. The maximum absolute atomic E-state index is 9.39. The molecule has 3 rings (SSSR count). The van der Waals surface area contributed by atoms with Crippen molar-refractivity contribution in [3.8, 4) is 5.75 Å². The minimum absolute atomic E-state index is 0.138. The van der Waals surface area contributed by atoms with Crippen LogP contribution in [0.4, 0.5) is 5.69 Å². The highest BCUT2D eigenvalue weighted by molar-refractivity contribution is 7.98. The van der Waals surface area contributed by atoms with Crippen LogP contribution in [0.2, 0.25) is 0 Å². The van der Waals surface area contributed by atoms with Crippen LogP contribution < -0.4 is 5.73 Å². The minimum Gasteiger partial charge on any atom is -0.506 e. The Bertz CT molecular complexity index is 688. The third kappa shape index (κ3) is 2.53. The lowest BCUT2D eigenvalue weighted by Gasteiger charge is -2.03. The lowest BCUT2D eigenvalue weighted by Crippen LogP contribution is -1.88. The van der Waals surface area contributed by atoms with E-state index >= 15 is 0 Å². The lowest BCUT2D eigenvalue weighted by atomic mass is 10.2. The van der Waals surface area contributed by atoms with Gasteiger partial charge in [-0.15, -0.1) is 11.8 Å². The van der Waals surface area contributed by atoms with Crippen LogP contribution in [0.5, 0.6) is 5.75 Å². The van der Waals surface area contributed by atoms with E-state index in [2.05, 4.69) is 23.2 Å². The highest BCUT2D eigenvalue weighted by atomic mass is 32.2. The molecule has 0 fully saturated rings. The van der Waals surface area contributed by atoms with Crippen molar-refractivity contribution < 1.29 is 5.11 Å². The van der Waals surface area contributed by atoms with E-state index in [1.165, 1.54) is 5.39 Å². The summed E-state index contributed by atoms with van der Waals surface area (Å²) in [6.45, 7) is 0. The van der Waals surface area contributed by atoms with Gasteiger partial charge in [0.25, 0.3) is 0 Å². The molecule has 19 heavy (non-hydrogen) atoms. The summed E-state index contributed by atoms with van der Waals surface area (Å²) in [6, 6.07) is 15.7. The third-order valence-corrected chi connectivity index (χ3v) is 4.00. The number of anilines is 1. The number of hydrogen-bond acceptors (Lipinski definition) is 3. The smallest absolute Gasteiger partial charge is 0.138 e. The summed E-state index contributed by atoms with van der Waals surface area (Å²) in [6.07, 6.45) is 0. The first-order valence-electron chi connectivity index (χ1n) is 6.00. The minimum atomic E-state index is 0.138. The summed E-state index contributed by atoms with van der Waals surface area (Å²) in [4.78, 5) is 3.37. The summed E-state index contributed by atoms with van der Waals surface area (Å²) in [5, 5.41) is 11.7. The second kappa shape index (κ2) is 4.90. The standard InChI is InChI=1S/C15H14N2OS/c16-12-7-10(5-6-14(12)18)9-19-15-8-11-3-1-2-4-13(11)17-15/h1-8,17-18H,9,16H2. The number of aromatic nitrogens is 1. The summed E-state index contributed by atoms with van der Waals surface area (Å²) >= 11 is 1.72. The molecule has 0 aliphatic rings. The lowest BCUT2D eigenvalue weighted by molar-refractivity contribution is 0.478. The van der Waals surface area contributed by atoms with Gasteiger partial charge in [-0.2, -0.15) is 0 Å². The predicted octanol–water partition coefficient (Wildman–Crippen LogP) is 3.75. The van der Waals surface area contributed by atoms with Gasteiger partial charge in [-0.1, -0.05) is 24.3 Å². The van der Waals surface area contributed by atoms with Crippen LogP contribution >= 0.6 is 11.8 Å². The fourth-order valence-corrected chi connectivity index (χ4v) is 2.87. The molecule has 0 unspecified atom stereocenters. The Kier molecular flexibility index (Phi) is 3.09. The van der Waals surface area contributed by atoms with E-state index in [4.69, 9.17) is 5.73 Å². The number of hydrogen-bond donors (Lipinski definition) is 3. The Morgan fingerprint density at radius 3 is 2.74 bits per heavy atom. The fourth-order valence-electron chi connectivity index (χ4n) is 1.98. The number of aromatic hydroxyl groups is 1. The molecule has 4 N–H and O–H groups in total. The first kappa shape index (κ1) is 12.0. The summed E-state index contributed by atoms with van der Waals surface area (Å²) in [5.41, 5.74) is 8.35. The van der Waals surface area contributed by atoms with Crippen LogP contribution in [0.15, 0.2) is 53.6 Å². The number of phenols is 1. The van der Waals surface area contributed by atoms with Crippen LogP contribution in [0, 0.1) is 0 Å². The predicted molar refractivity (Wildman–Crippen MR) is 80.4 cm³/mol. The van der Waals surface area contributed by atoms with Crippen molar-refractivity contribution in [1.82, 2.24) is 4.98 Å². The number of aromatic amines is 1. The summed E-state index contributed by atoms with van der Waals surface area (Å²) < 4.78 is 0. The van der Waals surface area contributed by atoms with Gasteiger partial charge in [0.15, 0.2) is 0 Å². The normalized spacial score (nSPS) is 10.9. The molecular weight excluding hydrogens is 256 g/mol. The molecule has 0 saturated heterocycles. The van der Waals surface area contributed by atoms with Gasteiger partial charge in [-0.05, 0) is 29.8 Å².